The van der Waals surface area contributed by atoms with Crippen LogP contribution in [-0.2, 0) is 0 Å². The standard InChI is InChI=1S/C19H21N5OS/c1-2-15-12-23(9-8-20-15)19(25)17-13-26-18(22-17)14-10-21-24(11-14)16-6-4-3-5-7-16/h3-7,10-11,13,15,20H,2,8-9,12H2,1H3. The van der Waals surface area contributed by atoms with E-state index in [1.807, 2.05) is 51.5 Å². The quantitative estimate of drug-likeness (QED) is 0.770. The van der Waals surface area contributed by atoms with Crippen LogP contribution in [0.15, 0.2) is 48.1 Å². The van der Waals surface area contributed by atoms with E-state index in [1.54, 1.807) is 6.20 Å². The molecule has 1 aliphatic heterocycles. The highest BCUT2D eigenvalue weighted by atomic mass is 32.1. The van der Waals surface area contributed by atoms with Gasteiger partial charge >= 0.3 is 0 Å². The molecule has 7 heteroatoms. The van der Waals surface area contributed by atoms with Gasteiger partial charge in [0.25, 0.3) is 5.91 Å². The fourth-order valence-corrected chi connectivity index (χ4v) is 3.87. The van der Waals surface area contributed by atoms with Crippen molar-refractivity contribution in [2.45, 2.75) is 19.4 Å². The molecule has 1 N–H and O–H groups in total. The molecule has 1 saturated heterocycles. The summed E-state index contributed by atoms with van der Waals surface area (Å²) in [6.07, 6.45) is 4.75. The number of amides is 1. The fourth-order valence-electron chi connectivity index (χ4n) is 3.11. The van der Waals surface area contributed by atoms with Gasteiger partial charge in [-0.15, -0.1) is 11.3 Å². The monoisotopic (exact) mass is 367 g/mol. The Morgan fingerprint density at radius 2 is 2.19 bits per heavy atom. The van der Waals surface area contributed by atoms with Crippen molar-refractivity contribution in [1.82, 2.24) is 25.0 Å². The minimum absolute atomic E-state index is 0.0166. The molecule has 3 aromatic rings. The largest absolute Gasteiger partial charge is 0.334 e. The van der Waals surface area contributed by atoms with Gasteiger partial charge in [0.2, 0.25) is 0 Å². The molecule has 2 aromatic heterocycles. The Labute approximate surface area is 156 Å². The molecule has 0 spiro atoms. The van der Waals surface area contributed by atoms with Gasteiger partial charge in [-0.05, 0) is 18.6 Å². The summed E-state index contributed by atoms with van der Waals surface area (Å²) in [7, 11) is 0. The third-order valence-electron chi connectivity index (χ3n) is 4.61. The summed E-state index contributed by atoms with van der Waals surface area (Å²) in [6.45, 7) is 4.45. The minimum Gasteiger partial charge on any atom is -0.334 e. The van der Waals surface area contributed by atoms with E-state index >= 15 is 0 Å². The van der Waals surface area contributed by atoms with Crippen LogP contribution >= 0.6 is 11.3 Å². The molecule has 1 atom stereocenters. The lowest BCUT2D eigenvalue weighted by Crippen LogP contribution is -2.52. The molecule has 1 aromatic carbocycles. The second-order valence-corrected chi connectivity index (χ2v) is 7.22. The Balaban J connectivity index is 1.51. The van der Waals surface area contributed by atoms with E-state index in [4.69, 9.17) is 0 Å². The van der Waals surface area contributed by atoms with Gasteiger partial charge in [0.15, 0.2) is 0 Å². The summed E-state index contributed by atoms with van der Waals surface area (Å²) in [5.74, 6) is 0.0166. The predicted octanol–water partition coefficient (Wildman–Crippen LogP) is 2.82. The molecule has 0 bridgehead atoms. The number of rotatable bonds is 4. The zero-order valence-electron chi connectivity index (χ0n) is 14.6. The minimum atomic E-state index is 0.0166. The van der Waals surface area contributed by atoms with Gasteiger partial charge in [0, 0.05) is 42.8 Å². The zero-order valence-corrected chi connectivity index (χ0v) is 15.4. The van der Waals surface area contributed by atoms with Gasteiger partial charge in [-0.1, -0.05) is 25.1 Å². The predicted molar refractivity (Wildman–Crippen MR) is 103 cm³/mol. The molecule has 134 valence electrons. The molecule has 26 heavy (non-hydrogen) atoms. The Bertz CT molecular complexity index is 888. The van der Waals surface area contributed by atoms with Crippen molar-refractivity contribution in [3.63, 3.8) is 0 Å². The highest BCUT2D eigenvalue weighted by molar-refractivity contribution is 7.13. The van der Waals surface area contributed by atoms with Crippen LogP contribution in [0.5, 0.6) is 0 Å². The van der Waals surface area contributed by atoms with Gasteiger partial charge in [-0.2, -0.15) is 5.10 Å². The lowest BCUT2D eigenvalue weighted by atomic mass is 10.1. The van der Waals surface area contributed by atoms with E-state index < -0.39 is 0 Å². The second-order valence-electron chi connectivity index (χ2n) is 6.36. The van der Waals surface area contributed by atoms with Gasteiger partial charge in [0.05, 0.1) is 11.9 Å². The molecule has 1 fully saturated rings. The number of hydrogen-bond acceptors (Lipinski definition) is 5. The first-order valence-electron chi connectivity index (χ1n) is 8.83. The van der Waals surface area contributed by atoms with Crippen LogP contribution in [0.1, 0.15) is 23.8 Å². The lowest BCUT2D eigenvalue weighted by Gasteiger charge is -2.32. The van der Waals surface area contributed by atoms with Crippen LogP contribution in [0.3, 0.4) is 0 Å². The third kappa shape index (κ3) is 3.40. The molecule has 6 nitrogen and oxygen atoms in total. The number of carbonyl (C=O) groups excluding carboxylic acids is 1. The number of hydrogen-bond donors (Lipinski definition) is 1. The molecule has 4 rings (SSSR count). The number of piperazine rings is 1. The maximum atomic E-state index is 12.8. The average molecular weight is 367 g/mol. The summed E-state index contributed by atoms with van der Waals surface area (Å²) in [6, 6.07) is 10.3. The summed E-state index contributed by atoms with van der Waals surface area (Å²) in [5.41, 5.74) is 2.44. The fraction of sp³-hybridized carbons (Fsp3) is 0.316. The summed E-state index contributed by atoms with van der Waals surface area (Å²) >= 11 is 1.48. The van der Waals surface area contributed by atoms with Gasteiger partial charge in [-0.25, -0.2) is 9.67 Å². The Kier molecular flexibility index (Phi) is 4.81. The number of aromatic nitrogens is 3. The topological polar surface area (TPSA) is 63.1 Å². The summed E-state index contributed by atoms with van der Waals surface area (Å²) < 4.78 is 1.82. The summed E-state index contributed by atoms with van der Waals surface area (Å²) in [5, 5.41) is 10.5. The van der Waals surface area contributed by atoms with E-state index in [0.29, 0.717) is 11.7 Å². The van der Waals surface area contributed by atoms with Crippen LogP contribution in [-0.4, -0.2) is 51.2 Å². The van der Waals surface area contributed by atoms with Crippen molar-refractivity contribution >= 4 is 17.2 Å². The zero-order chi connectivity index (χ0) is 17.9. The van der Waals surface area contributed by atoms with E-state index in [1.165, 1.54) is 11.3 Å². The Morgan fingerprint density at radius 1 is 1.35 bits per heavy atom. The maximum Gasteiger partial charge on any atom is 0.273 e. The first kappa shape index (κ1) is 16.9. The third-order valence-corrected chi connectivity index (χ3v) is 5.50. The van der Waals surface area contributed by atoms with Crippen LogP contribution in [0, 0.1) is 0 Å². The lowest BCUT2D eigenvalue weighted by molar-refractivity contribution is 0.0696. The van der Waals surface area contributed by atoms with Crippen molar-refractivity contribution in [2.24, 2.45) is 0 Å². The molecular formula is C19H21N5OS. The van der Waals surface area contributed by atoms with E-state index in [9.17, 15) is 4.79 Å². The second kappa shape index (κ2) is 7.39. The van der Waals surface area contributed by atoms with Crippen molar-refractivity contribution < 1.29 is 4.79 Å². The highest BCUT2D eigenvalue weighted by Gasteiger charge is 2.25. The van der Waals surface area contributed by atoms with Gasteiger partial charge < -0.3 is 10.2 Å². The van der Waals surface area contributed by atoms with Crippen molar-refractivity contribution in [1.29, 1.82) is 0 Å². The molecule has 0 radical (unpaired) electrons. The van der Waals surface area contributed by atoms with Crippen molar-refractivity contribution in [3.8, 4) is 16.3 Å². The SMILES string of the molecule is CCC1CN(C(=O)c2csc(-c3cnn(-c4ccccc4)c3)n2)CCN1. The number of nitrogens with one attached hydrogen (secondary N) is 1. The van der Waals surface area contributed by atoms with Crippen LogP contribution in [0.2, 0.25) is 0 Å². The van der Waals surface area contributed by atoms with Crippen LogP contribution < -0.4 is 5.32 Å². The average Bonchev–Trinajstić information content (AvgIpc) is 3.38. The molecule has 0 saturated carbocycles. The van der Waals surface area contributed by atoms with Crippen molar-refractivity contribution in [2.75, 3.05) is 19.6 Å². The van der Waals surface area contributed by atoms with Crippen LogP contribution in [0.4, 0.5) is 0 Å². The molecule has 1 unspecified atom stereocenters. The molecule has 0 aliphatic carbocycles. The van der Waals surface area contributed by atoms with E-state index in [2.05, 4.69) is 22.3 Å². The van der Waals surface area contributed by atoms with Gasteiger partial charge in [-0.3, -0.25) is 4.79 Å². The van der Waals surface area contributed by atoms with E-state index in [-0.39, 0.29) is 5.91 Å². The normalized spacial score (nSPS) is 17.4. The number of thiazole rings is 1. The molecular weight excluding hydrogens is 346 g/mol. The maximum absolute atomic E-state index is 12.8. The summed E-state index contributed by atoms with van der Waals surface area (Å²) in [4.78, 5) is 19.2. The first-order valence-corrected chi connectivity index (χ1v) is 9.71. The number of para-hydroxylation sites is 1. The highest BCUT2D eigenvalue weighted by Crippen LogP contribution is 2.25. The molecule has 3 heterocycles. The number of carbonyl (C=O) groups is 1. The van der Waals surface area contributed by atoms with Gasteiger partial charge in [0.1, 0.15) is 10.7 Å². The Hall–Kier alpha value is -2.51. The van der Waals surface area contributed by atoms with Crippen molar-refractivity contribution in [3.05, 3.63) is 53.8 Å². The smallest absolute Gasteiger partial charge is 0.273 e. The number of benzene rings is 1. The Morgan fingerprint density at radius 3 is 3.00 bits per heavy atom. The first-order chi connectivity index (χ1) is 12.7. The molecule has 1 amide bonds. The van der Waals surface area contributed by atoms with Crippen LogP contribution in [0.25, 0.3) is 16.3 Å². The molecule has 1 aliphatic rings. The van der Waals surface area contributed by atoms with E-state index in [0.717, 1.165) is 42.3 Å². The number of nitrogens with zero attached hydrogens (tertiary/aromatic N) is 4.